The third kappa shape index (κ3) is 3.54. The number of nitrogens with zero attached hydrogens (tertiary/aromatic N) is 1. The van der Waals surface area contributed by atoms with E-state index in [-0.39, 0.29) is 11.8 Å². The molecule has 1 amide bonds. The van der Waals surface area contributed by atoms with Gasteiger partial charge in [0.1, 0.15) is 6.10 Å². The summed E-state index contributed by atoms with van der Waals surface area (Å²) in [6, 6.07) is 9.69. The average molecular weight is 272 g/mol. The van der Waals surface area contributed by atoms with Crippen LogP contribution in [0.4, 0.5) is 0 Å². The lowest BCUT2D eigenvalue weighted by atomic mass is 10.1. The number of pyridine rings is 1. The summed E-state index contributed by atoms with van der Waals surface area (Å²) < 4.78 is 0. The number of nitrogens with one attached hydrogen (secondary N) is 1. The first kappa shape index (κ1) is 14.5. The van der Waals surface area contributed by atoms with Crippen LogP contribution in [-0.2, 0) is 11.3 Å². The van der Waals surface area contributed by atoms with E-state index in [1.807, 2.05) is 44.2 Å². The normalized spacial score (nSPS) is 12.6. The summed E-state index contributed by atoms with van der Waals surface area (Å²) in [4.78, 5) is 16.1. The smallest absolute Gasteiger partial charge is 0.249 e. The number of rotatable bonds is 5. The van der Waals surface area contributed by atoms with Gasteiger partial charge >= 0.3 is 0 Å². The molecule has 2 aromatic rings. The summed E-state index contributed by atoms with van der Waals surface area (Å²) in [6.45, 7) is 4.36. The number of carbonyl (C=O) groups is 1. The SMILES string of the molecule is CC(C)CC(O)C(=O)NCc1ccnc2ccccc12. The molecule has 0 aliphatic carbocycles. The first-order valence-corrected chi connectivity index (χ1v) is 6.86. The van der Waals surface area contributed by atoms with Crippen molar-refractivity contribution in [2.24, 2.45) is 5.92 Å². The van der Waals surface area contributed by atoms with Crippen molar-refractivity contribution in [2.45, 2.75) is 32.9 Å². The van der Waals surface area contributed by atoms with Crippen LogP contribution in [0.1, 0.15) is 25.8 Å². The monoisotopic (exact) mass is 272 g/mol. The maximum absolute atomic E-state index is 11.8. The molecule has 1 atom stereocenters. The first-order chi connectivity index (χ1) is 9.58. The van der Waals surface area contributed by atoms with Crippen molar-refractivity contribution in [3.63, 3.8) is 0 Å². The van der Waals surface area contributed by atoms with Crippen molar-refractivity contribution in [1.82, 2.24) is 10.3 Å². The van der Waals surface area contributed by atoms with Gasteiger partial charge in [-0.15, -0.1) is 0 Å². The fourth-order valence-electron chi connectivity index (χ4n) is 2.16. The molecule has 1 aromatic carbocycles. The highest BCUT2D eigenvalue weighted by molar-refractivity contribution is 5.83. The van der Waals surface area contributed by atoms with Gasteiger partial charge in [-0.1, -0.05) is 32.0 Å². The molecule has 1 heterocycles. The number of aliphatic hydroxyl groups is 1. The summed E-state index contributed by atoms with van der Waals surface area (Å²) >= 11 is 0. The Kier molecular flexibility index (Phi) is 4.69. The summed E-state index contributed by atoms with van der Waals surface area (Å²) in [7, 11) is 0. The molecule has 2 rings (SSSR count). The first-order valence-electron chi connectivity index (χ1n) is 6.86. The lowest BCUT2D eigenvalue weighted by Crippen LogP contribution is -2.34. The van der Waals surface area contributed by atoms with E-state index in [1.54, 1.807) is 6.20 Å². The number of aromatic nitrogens is 1. The molecule has 0 saturated carbocycles. The molecule has 4 nitrogen and oxygen atoms in total. The molecule has 106 valence electrons. The van der Waals surface area contributed by atoms with Crippen molar-refractivity contribution in [3.05, 3.63) is 42.1 Å². The zero-order valence-electron chi connectivity index (χ0n) is 11.8. The maximum atomic E-state index is 11.8. The summed E-state index contributed by atoms with van der Waals surface area (Å²) in [6.07, 6.45) is 1.26. The number of fused-ring (bicyclic) bond motifs is 1. The van der Waals surface area contributed by atoms with Gasteiger partial charge in [-0.05, 0) is 30.0 Å². The Hall–Kier alpha value is -1.94. The number of benzene rings is 1. The molecule has 0 aliphatic rings. The molecule has 1 aromatic heterocycles. The maximum Gasteiger partial charge on any atom is 0.249 e. The molecule has 0 fully saturated rings. The van der Waals surface area contributed by atoms with Gasteiger partial charge in [0.2, 0.25) is 5.91 Å². The largest absolute Gasteiger partial charge is 0.383 e. The Morgan fingerprint density at radius 2 is 2.05 bits per heavy atom. The molecule has 20 heavy (non-hydrogen) atoms. The van der Waals surface area contributed by atoms with E-state index < -0.39 is 6.10 Å². The van der Waals surface area contributed by atoms with Gasteiger partial charge < -0.3 is 10.4 Å². The standard InChI is InChI=1S/C16H20N2O2/c1-11(2)9-15(19)16(20)18-10-12-7-8-17-14-6-4-3-5-13(12)14/h3-8,11,15,19H,9-10H2,1-2H3,(H,18,20). The molecule has 1 unspecified atom stereocenters. The van der Waals surface area contributed by atoms with Crippen LogP contribution in [0.15, 0.2) is 36.5 Å². The quantitative estimate of drug-likeness (QED) is 0.877. The topological polar surface area (TPSA) is 62.2 Å². The number of hydrogen-bond donors (Lipinski definition) is 2. The number of aliphatic hydroxyl groups excluding tert-OH is 1. The van der Waals surface area contributed by atoms with Crippen molar-refractivity contribution >= 4 is 16.8 Å². The van der Waals surface area contributed by atoms with E-state index in [0.717, 1.165) is 16.5 Å². The van der Waals surface area contributed by atoms with Gasteiger partial charge in [-0.25, -0.2) is 0 Å². The molecule has 0 radical (unpaired) electrons. The average Bonchev–Trinajstić information content (AvgIpc) is 2.44. The van der Waals surface area contributed by atoms with E-state index >= 15 is 0 Å². The molecule has 2 N–H and O–H groups in total. The van der Waals surface area contributed by atoms with Crippen LogP contribution >= 0.6 is 0 Å². The van der Waals surface area contributed by atoms with E-state index in [9.17, 15) is 9.90 Å². The lowest BCUT2D eigenvalue weighted by molar-refractivity contribution is -0.130. The predicted octanol–water partition coefficient (Wildman–Crippen LogP) is 2.26. The van der Waals surface area contributed by atoms with Gasteiger partial charge in [0, 0.05) is 18.1 Å². The summed E-state index contributed by atoms with van der Waals surface area (Å²) in [5.41, 5.74) is 1.91. The van der Waals surface area contributed by atoms with Crippen LogP contribution < -0.4 is 5.32 Å². The Labute approximate surface area is 118 Å². The third-order valence-corrected chi connectivity index (χ3v) is 3.19. The number of amides is 1. The third-order valence-electron chi connectivity index (χ3n) is 3.19. The van der Waals surface area contributed by atoms with Crippen LogP contribution in [-0.4, -0.2) is 22.1 Å². The predicted molar refractivity (Wildman–Crippen MR) is 79.1 cm³/mol. The molecule has 0 aliphatic heterocycles. The van der Waals surface area contributed by atoms with Gasteiger partial charge in [0.25, 0.3) is 0 Å². The van der Waals surface area contributed by atoms with Crippen LogP contribution in [0.3, 0.4) is 0 Å². The Balaban J connectivity index is 2.04. The van der Waals surface area contributed by atoms with Crippen molar-refractivity contribution in [1.29, 1.82) is 0 Å². The molecule has 0 saturated heterocycles. The fourth-order valence-corrected chi connectivity index (χ4v) is 2.16. The number of para-hydroxylation sites is 1. The highest BCUT2D eigenvalue weighted by Crippen LogP contribution is 2.16. The second-order valence-electron chi connectivity index (χ2n) is 5.35. The zero-order chi connectivity index (χ0) is 14.5. The highest BCUT2D eigenvalue weighted by atomic mass is 16.3. The molecular weight excluding hydrogens is 252 g/mol. The minimum atomic E-state index is -0.942. The Morgan fingerprint density at radius 1 is 1.30 bits per heavy atom. The van der Waals surface area contributed by atoms with Crippen LogP contribution in [0.25, 0.3) is 10.9 Å². The fraction of sp³-hybridized carbons (Fsp3) is 0.375. The van der Waals surface area contributed by atoms with Gasteiger partial charge in [0.15, 0.2) is 0 Å². The molecular formula is C16H20N2O2. The van der Waals surface area contributed by atoms with Crippen molar-refractivity contribution in [2.75, 3.05) is 0 Å². The number of hydrogen-bond acceptors (Lipinski definition) is 3. The number of carbonyl (C=O) groups excluding carboxylic acids is 1. The van der Waals surface area contributed by atoms with Crippen LogP contribution in [0.5, 0.6) is 0 Å². The van der Waals surface area contributed by atoms with Crippen LogP contribution in [0.2, 0.25) is 0 Å². The van der Waals surface area contributed by atoms with Gasteiger partial charge in [-0.2, -0.15) is 0 Å². The lowest BCUT2D eigenvalue weighted by Gasteiger charge is -2.14. The van der Waals surface area contributed by atoms with E-state index in [2.05, 4.69) is 10.3 Å². The summed E-state index contributed by atoms with van der Waals surface area (Å²) in [5.74, 6) is -0.0305. The highest BCUT2D eigenvalue weighted by Gasteiger charge is 2.16. The van der Waals surface area contributed by atoms with Crippen LogP contribution in [0, 0.1) is 5.92 Å². The van der Waals surface area contributed by atoms with Crippen molar-refractivity contribution < 1.29 is 9.90 Å². The van der Waals surface area contributed by atoms with E-state index in [4.69, 9.17) is 0 Å². The second-order valence-corrected chi connectivity index (χ2v) is 5.35. The Bertz CT molecular complexity index is 591. The van der Waals surface area contributed by atoms with E-state index in [1.165, 1.54) is 0 Å². The van der Waals surface area contributed by atoms with Gasteiger partial charge in [-0.3, -0.25) is 9.78 Å². The minimum absolute atomic E-state index is 0.289. The second kappa shape index (κ2) is 6.48. The zero-order valence-corrected chi connectivity index (χ0v) is 11.8. The molecule has 0 spiro atoms. The van der Waals surface area contributed by atoms with E-state index in [0.29, 0.717) is 13.0 Å². The molecule has 4 heteroatoms. The summed E-state index contributed by atoms with van der Waals surface area (Å²) in [5, 5.41) is 13.6. The molecule has 0 bridgehead atoms. The Morgan fingerprint density at radius 3 is 2.80 bits per heavy atom. The van der Waals surface area contributed by atoms with Gasteiger partial charge in [0.05, 0.1) is 5.52 Å². The minimum Gasteiger partial charge on any atom is -0.383 e. The van der Waals surface area contributed by atoms with Crippen molar-refractivity contribution in [3.8, 4) is 0 Å².